The van der Waals surface area contributed by atoms with E-state index in [0.717, 1.165) is 24.5 Å². The molecule has 48 heavy (non-hydrogen) atoms. The maximum atomic E-state index is 12.1. The summed E-state index contributed by atoms with van der Waals surface area (Å²) >= 11 is 0. The molecule has 0 aliphatic carbocycles. The van der Waals surface area contributed by atoms with Gasteiger partial charge in [0.2, 0.25) is 0 Å². The standard InChI is InChI=1S/C30H26N6O8S2.2Na/c37-31-19-27(21-7-3-1-4-8-21)35-33-25-15-13-23(29(17-25)45(39,40)41)11-12-24-14-16-26(18-30(24)46(42,43)44)34-36-28(20-32-38)22-9-5-2-6-10-22;;/h1-20,33-36H,(H,39,40,41)(H,42,43,44);;/q;2*+1/p-2. The third kappa shape index (κ3) is 11.5. The molecule has 0 aromatic heterocycles. The molecule has 4 N–H and O–H groups in total. The van der Waals surface area contributed by atoms with Gasteiger partial charge in [-0.15, -0.1) is 9.81 Å². The van der Waals surface area contributed by atoms with Crippen LogP contribution in [0.5, 0.6) is 0 Å². The Balaban J connectivity index is 0.00000400. The summed E-state index contributed by atoms with van der Waals surface area (Å²) in [5.41, 5.74) is 12.7. The molecule has 0 saturated heterocycles. The molecule has 0 atom stereocenters. The second kappa shape index (κ2) is 18.8. The fourth-order valence-corrected chi connectivity index (χ4v) is 5.48. The van der Waals surface area contributed by atoms with Gasteiger partial charge < -0.3 is 20.0 Å². The van der Waals surface area contributed by atoms with Gasteiger partial charge in [0.25, 0.3) is 0 Å². The van der Waals surface area contributed by atoms with Crippen LogP contribution in [-0.4, -0.2) is 25.9 Å². The van der Waals surface area contributed by atoms with Crippen molar-refractivity contribution < 1.29 is 85.1 Å². The minimum atomic E-state index is -5.04. The summed E-state index contributed by atoms with van der Waals surface area (Å²) in [4.78, 5) is 20.4. The Morgan fingerprint density at radius 1 is 0.562 bits per heavy atom. The van der Waals surface area contributed by atoms with Gasteiger partial charge >= 0.3 is 59.1 Å². The maximum Gasteiger partial charge on any atom is 1.00 e. The van der Waals surface area contributed by atoms with E-state index in [9.17, 15) is 35.8 Å². The second-order valence-electron chi connectivity index (χ2n) is 9.28. The van der Waals surface area contributed by atoms with Crippen LogP contribution < -0.4 is 80.8 Å². The van der Waals surface area contributed by atoms with Crippen LogP contribution in [0.25, 0.3) is 23.5 Å². The summed E-state index contributed by atoms with van der Waals surface area (Å²) in [5.74, 6) is 0. The Labute approximate surface area is 320 Å². The molecule has 4 rings (SSSR count). The number of hydrazine groups is 2. The zero-order valence-electron chi connectivity index (χ0n) is 25.5. The van der Waals surface area contributed by atoms with E-state index in [1.54, 1.807) is 60.7 Å². The van der Waals surface area contributed by atoms with Crippen molar-refractivity contribution in [2.24, 2.45) is 10.4 Å². The average Bonchev–Trinajstić information content (AvgIpc) is 3.04. The largest absolute Gasteiger partial charge is 1.00 e. The Morgan fingerprint density at radius 3 is 1.23 bits per heavy atom. The Hall–Kier alpha value is -3.68. The number of hydrogen-bond donors (Lipinski definition) is 4. The van der Waals surface area contributed by atoms with Crippen molar-refractivity contribution in [3.05, 3.63) is 142 Å². The number of hydrogen-bond acceptors (Lipinski definition) is 14. The first kappa shape index (κ1) is 40.5. The Kier molecular flexibility index (Phi) is 15.8. The number of anilines is 2. The van der Waals surface area contributed by atoms with Gasteiger partial charge in [-0.25, -0.2) is 16.8 Å². The van der Waals surface area contributed by atoms with Gasteiger partial charge in [-0.1, -0.05) is 84.9 Å². The molecule has 0 aliphatic heterocycles. The van der Waals surface area contributed by atoms with Crippen molar-refractivity contribution >= 4 is 55.2 Å². The van der Waals surface area contributed by atoms with E-state index in [2.05, 4.69) is 32.1 Å². The summed E-state index contributed by atoms with van der Waals surface area (Å²) in [6, 6.07) is 24.8. The minimum absolute atomic E-state index is 0. The van der Waals surface area contributed by atoms with Crippen LogP contribution >= 0.6 is 0 Å². The van der Waals surface area contributed by atoms with E-state index in [1.165, 1.54) is 36.4 Å². The van der Waals surface area contributed by atoms with Crippen LogP contribution in [0.15, 0.2) is 130 Å². The minimum Gasteiger partial charge on any atom is -0.744 e. The summed E-state index contributed by atoms with van der Waals surface area (Å²) in [6.07, 6.45) is 4.36. The van der Waals surface area contributed by atoms with Crippen molar-refractivity contribution in [1.29, 1.82) is 0 Å². The first-order valence-electron chi connectivity index (χ1n) is 13.1. The summed E-state index contributed by atoms with van der Waals surface area (Å²) in [6.45, 7) is 0. The van der Waals surface area contributed by atoms with Gasteiger partial charge in [-0.05, 0) is 45.7 Å². The van der Waals surface area contributed by atoms with Gasteiger partial charge in [-0.2, -0.15) is 0 Å². The van der Waals surface area contributed by atoms with Crippen LogP contribution in [0.1, 0.15) is 22.3 Å². The fourth-order valence-electron chi connectivity index (χ4n) is 4.09. The molecule has 0 bridgehead atoms. The van der Waals surface area contributed by atoms with E-state index in [0.29, 0.717) is 11.1 Å². The molecule has 4 aromatic carbocycles. The van der Waals surface area contributed by atoms with Crippen LogP contribution in [0.2, 0.25) is 0 Å². The molecule has 0 spiro atoms. The topological polar surface area (TPSA) is 221 Å². The third-order valence-corrected chi connectivity index (χ3v) is 8.01. The first-order valence-corrected chi connectivity index (χ1v) is 15.9. The normalized spacial score (nSPS) is 11.9. The quantitative estimate of drug-likeness (QED) is 0.0409. The number of nitrogens with one attached hydrogen (secondary N) is 4. The Bertz CT molecular complexity index is 1900. The van der Waals surface area contributed by atoms with Crippen molar-refractivity contribution in [3.63, 3.8) is 0 Å². The van der Waals surface area contributed by atoms with Crippen LogP contribution in [-0.2, 0) is 20.2 Å². The summed E-state index contributed by atoms with van der Waals surface area (Å²) in [5, 5.41) is 5.51. The predicted molar refractivity (Wildman–Crippen MR) is 172 cm³/mol. The smallest absolute Gasteiger partial charge is 0.744 e. The van der Waals surface area contributed by atoms with Crippen molar-refractivity contribution in [2.45, 2.75) is 9.79 Å². The molecule has 0 saturated carbocycles. The number of rotatable bonds is 14. The fraction of sp³-hybridized carbons (Fsp3) is 0. The average molecular weight is 707 g/mol. The molecular weight excluding hydrogens is 682 g/mol. The molecule has 0 aliphatic rings. The van der Waals surface area contributed by atoms with Crippen LogP contribution in [0.3, 0.4) is 0 Å². The molecule has 4 aromatic rings. The maximum absolute atomic E-state index is 12.1. The molecule has 0 fully saturated rings. The van der Waals surface area contributed by atoms with E-state index in [4.69, 9.17) is 0 Å². The molecule has 0 amide bonds. The second-order valence-corrected chi connectivity index (χ2v) is 12.0. The van der Waals surface area contributed by atoms with Crippen molar-refractivity contribution in [1.82, 2.24) is 10.9 Å². The van der Waals surface area contributed by atoms with Crippen molar-refractivity contribution in [2.75, 3.05) is 10.9 Å². The molecule has 0 radical (unpaired) electrons. The number of nitrogens with zero attached hydrogens (tertiary/aromatic N) is 2. The van der Waals surface area contributed by atoms with Crippen LogP contribution in [0.4, 0.5) is 11.4 Å². The van der Waals surface area contributed by atoms with E-state index < -0.39 is 30.0 Å². The van der Waals surface area contributed by atoms with E-state index in [1.807, 2.05) is 0 Å². The van der Waals surface area contributed by atoms with Gasteiger partial charge in [0.05, 0.1) is 45.0 Å². The molecule has 0 heterocycles. The van der Waals surface area contributed by atoms with Crippen molar-refractivity contribution in [3.8, 4) is 0 Å². The third-order valence-electron chi connectivity index (χ3n) is 6.22. The Morgan fingerprint density at radius 2 is 0.917 bits per heavy atom. The molecule has 14 nitrogen and oxygen atoms in total. The van der Waals surface area contributed by atoms with Gasteiger partial charge in [-0.3, -0.25) is 10.9 Å². The zero-order chi connectivity index (χ0) is 33.2. The van der Waals surface area contributed by atoms with Gasteiger partial charge in [0, 0.05) is 11.1 Å². The molecule has 0 unspecified atom stereocenters. The van der Waals surface area contributed by atoms with E-state index in [-0.39, 0.29) is 93.0 Å². The van der Waals surface area contributed by atoms with Gasteiger partial charge in [0.15, 0.2) is 0 Å². The number of nitroso groups, excluding NO2 is 2. The molecular formula is C30H24N6Na2O8S2. The molecule has 236 valence electrons. The number of benzene rings is 4. The predicted octanol–water partition coefficient (Wildman–Crippen LogP) is -0.964. The molecule has 18 heteroatoms. The van der Waals surface area contributed by atoms with Gasteiger partial charge in [0.1, 0.15) is 20.2 Å². The monoisotopic (exact) mass is 706 g/mol. The summed E-state index contributed by atoms with van der Waals surface area (Å²) in [7, 11) is -10.1. The zero-order valence-corrected chi connectivity index (χ0v) is 31.2. The summed E-state index contributed by atoms with van der Waals surface area (Å²) < 4.78 is 72.8. The first-order chi connectivity index (χ1) is 22.0. The SMILES string of the molecule is O=NC=C(NNc1ccc(C=Cc2ccc(NNC(=CN=O)c3ccccc3)cc2S(=O)(=O)[O-])c(S(=O)(=O)[O-])c1)c1ccccc1.[Na+].[Na+]. The van der Waals surface area contributed by atoms with E-state index >= 15 is 0 Å². The van der Waals surface area contributed by atoms with Crippen LogP contribution in [0, 0.1) is 9.81 Å².